The van der Waals surface area contributed by atoms with E-state index < -0.39 is 0 Å². The molecule has 0 aromatic carbocycles. The summed E-state index contributed by atoms with van der Waals surface area (Å²) in [6.45, 7) is 2.11. The maximum Gasteiger partial charge on any atom is 0.138 e. The Morgan fingerprint density at radius 1 is 1.62 bits per heavy atom. The highest BCUT2D eigenvalue weighted by molar-refractivity contribution is 9.10. The molecule has 0 aliphatic carbocycles. The van der Waals surface area contributed by atoms with Crippen molar-refractivity contribution in [3.05, 3.63) is 20.8 Å². The van der Waals surface area contributed by atoms with Gasteiger partial charge in [-0.15, -0.1) is 11.3 Å². The lowest BCUT2D eigenvalue weighted by Crippen LogP contribution is -2.00. The standard InChI is InChI=1S/C10H13BrOS/c1-2-3-4-8(12)7-10-9(11)5-6-13-10/h5-6H,2-4,7H2,1H3. The number of hydrogen-bond acceptors (Lipinski definition) is 2. The van der Waals surface area contributed by atoms with Crippen molar-refractivity contribution in [3.63, 3.8) is 0 Å². The third kappa shape index (κ3) is 3.61. The molecule has 0 unspecified atom stereocenters. The van der Waals surface area contributed by atoms with Crippen LogP contribution in [0.2, 0.25) is 0 Å². The average molecular weight is 261 g/mol. The van der Waals surface area contributed by atoms with Crippen molar-refractivity contribution in [3.8, 4) is 0 Å². The maximum atomic E-state index is 11.4. The van der Waals surface area contributed by atoms with E-state index in [1.54, 1.807) is 11.3 Å². The van der Waals surface area contributed by atoms with Crippen LogP contribution in [0.4, 0.5) is 0 Å². The molecule has 1 aromatic rings. The molecule has 0 aliphatic heterocycles. The Hall–Kier alpha value is -0.150. The lowest BCUT2D eigenvalue weighted by atomic mass is 10.1. The minimum atomic E-state index is 0.352. The summed E-state index contributed by atoms with van der Waals surface area (Å²) in [4.78, 5) is 12.6. The second kappa shape index (κ2) is 5.55. The number of ketones is 1. The molecule has 13 heavy (non-hydrogen) atoms. The van der Waals surface area contributed by atoms with Gasteiger partial charge in [-0.1, -0.05) is 13.3 Å². The van der Waals surface area contributed by atoms with Crippen LogP contribution in [0.5, 0.6) is 0 Å². The SMILES string of the molecule is CCCCC(=O)Cc1sccc1Br. The fourth-order valence-electron chi connectivity index (χ4n) is 1.09. The second-order valence-corrected chi connectivity index (χ2v) is 4.87. The van der Waals surface area contributed by atoms with Gasteiger partial charge < -0.3 is 0 Å². The number of carbonyl (C=O) groups excluding carboxylic acids is 1. The van der Waals surface area contributed by atoms with Gasteiger partial charge in [0.15, 0.2) is 0 Å². The van der Waals surface area contributed by atoms with E-state index in [0.717, 1.165) is 28.6 Å². The van der Waals surface area contributed by atoms with E-state index >= 15 is 0 Å². The van der Waals surface area contributed by atoms with Crippen LogP contribution in [0.15, 0.2) is 15.9 Å². The zero-order chi connectivity index (χ0) is 9.68. The van der Waals surface area contributed by atoms with E-state index in [-0.39, 0.29) is 0 Å². The molecule has 1 heterocycles. The molecular formula is C10H13BrOS. The Morgan fingerprint density at radius 2 is 2.38 bits per heavy atom. The molecule has 0 spiro atoms. The number of thiophene rings is 1. The molecule has 1 rings (SSSR count). The molecule has 0 amide bonds. The summed E-state index contributed by atoms with van der Waals surface area (Å²) >= 11 is 5.06. The normalized spacial score (nSPS) is 10.3. The van der Waals surface area contributed by atoms with E-state index in [2.05, 4.69) is 22.9 Å². The molecule has 0 atom stereocenters. The van der Waals surface area contributed by atoms with Crippen molar-refractivity contribution in [1.29, 1.82) is 0 Å². The van der Waals surface area contributed by atoms with Crippen LogP contribution in [-0.2, 0) is 11.2 Å². The Labute approximate surface area is 91.3 Å². The smallest absolute Gasteiger partial charge is 0.138 e. The van der Waals surface area contributed by atoms with E-state index in [4.69, 9.17) is 0 Å². The number of hydrogen-bond donors (Lipinski definition) is 0. The second-order valence-electron chi connectivity index (χ2n) is 3.01. The van der Waals surface area contributed by atoms with Crippen molar-refractivity contribution in [2.45, 2.75) is 32.6 Å². The highest BCUT2D eigenvalue weighted by Crippen LogP contribution is 2.23. The first kappa shape index (κ1) is 10.9. The van der Waals surface area contributed by atoms with Crippen molar-refractivity contribution < 1.29 is 4.79 Å². The van der Waals surface area contributed by atoms with Crippen LogP contribution in [-0.4, -0.2) is 5.78 Å². The summed E-state index contributed by atoms with van der Waals surface area (Å²) in [5.74, 6) is 0.352. The van der Waals surface area contributed by atoms with Gasteiger partial charge in [-0.25, -0.2) is 0 Å². The number of halogens is 1. The molecule has 3 heteroatoms. The molecule has 0 bridgehead atoms. The first-order valence-electron chi connectivity index (χ1n) is 4.47. The van der Waals surface area contributed by atoms with Crippen LogP contribution < -0.4 is 0 Å². The summed E-state index contributed by atoms with van der Waals surface area (Å²) < 4.78 is 1.07. The highest BCUT2D eigenvalue weighted by atomic mass is 79.9. The number of Topliss-reactive ketones (excluding diaryl/α,β-unsaturated/α-hetero) is 1. The fourth-order valence-corrected chi connectivity index (χ4v) is 2.61. The summed E-state index contributed by atoms with van der Waals surface area (Å²) in [6.07, 6.45) is 3.43. The van der Waals surface area contributed by atoms with Crippen molar-refractivity contribution in [1.82, 2.24) is 0 Å². The van der Waals surface area contributed by atoms with Crippen LogP contribution in [0, 0.1) is 0 Å². The first-order chi connectivity index (χ1) is 6.24. The van der Waals surface area contributed by atoms with Gasteiger partial charge in [-0.05, 0) is 33.8 Å². The molecule has 0 N–H and O–H groups in total. The van der Waals surface area contributed by atoms with Crippen molar-refractivity contribution >= 4 is 33.0 Å². The summed E-state index contributed by atoms with van der Waals surface area (Å²) in [5, 5.41) is 2.01. The van der Waals surface area contributed by atoms with Gasteiger partial charge >= 0.3 is 0 Å². The van der Waals surface area contributed by atoms with Crippen LogP contribution in [0.1, 0.15) is 31.1 Å². The largest absolute Gasteiger partial charge is 0.299 e. The molecule has 0 fully saturated rings. The predicted octanol–water partition coefficient (Wildman–Crippen LogP) is 3.81. The van der Waals surface area contributed by atoms with Crippen LogP contribution in [0.3, 0.4) is 0 Å². The molecule has 1 aromatic heterocycles. The van der Waals surface area contributed by atoms with Crippen LogP contribution >= 0.6 is 27.3 Å². The highest BCUT2D eigenvalue weighted by Gasteiger charge is 2.07. The average Bonchev–Trinajstić information content (AvgIpc) is 2.48. The van der Waals surface area contributed by atoms with E-state index in [0.29, 0.717) is 12.2 Å². The Kier molecular flexibility index (Phi) is 4.67. The van der Waals surface area contributed by atoms with E-state index in [1.165, 1.54) is 0 Å². The van der Waals surface area contributed by atoms with E-state index in [1.807, 2.05) is 11.4 Å². The summed E-state index contributed by atoms with van der Waals surface area (Å²) in [6, 6.07) is 1.99. The third-order valence-corrected chi connectivity index (χ3v) is 3.78. The molecule has 0 aliphatic rings. The molecule has 0 saturated carbocycles. The molecule has 72 valence electrons. The van der Waals surface area contributed by atoms with Crippen LogP contribution in [0.25, 0.3) is 0 Å². The van der Waals surface area contributed by atoms with Gasteiger partial charge in [-0.2, -0.15) is 0 Å². The van der Waals surface area contributed by atoms with Crippen molar-refractivity contribution in [2.75, 3.05) is 0 Å². The van der Waals surface area contributed by atoms with Gasteiger partial charge in [0.05, 0.1) is 0 Å². The topological polar surface area (TPSA) is 17.1 Å². The van der Waals surface area contributed by atoms with Gasteiger partial charge in [0.25, 0.3) is 0 Å². The van der Waals surface area contributed by atoms with Gasteiger partial charge in [0.1, 0.15) is 5.78 Å². The number of carbonyl (C=O) groups is 1. The lowest BCUT2D eigenvalue weighted by Gasteiger charge is -1.97. The molecular weight excluding hydrogens is 248 g/mol. The minimum Gasteiger partial charge on any atom is -0.299 e. The minimum absolute atomic E-state index is 0.352. The lowest BCUT2D eigenvalue weighted by molar-refractivity contribution is -0.118. The summed E-state index contributed by atoms with van der Waals surface area (Å²) in [7, 11) is 0. The molecule has 0 saturated heterocycles. The number of rotatable bonds is 5. The Bertz CT molecular complexity index is 280. The van der Waals surface area contributed by atoms with Gasteiger partial charge in [0, 0.05) is 22.2 Å². The Morgan fingerprint density at radius 3 is 2.92 bits per heavy atom. The van der Waals surface area contributed by atoms with Gasteiger partial charge in [-0.3, -0.25) is 4.79 Å². The fraction of sp³-hybridized carbons (Fsp3) is 0.500. The molecule has 0 radical (unpaired) electrons. The first-order valence-corrected chi connectivity index (χ1v) is 6.15. The zero-order valence-corrected chi connectivity index (χ0v) is 10.1. The quantitative estimate of drug-likeness (QED) is 0.787. The van der Waals surface area contributed by atoms with E-state index in [9.17, 15) is 4.79 Å². The van der Waals surface area contributed by atoms with Gasteiger partial charge in [0.2, 0.25) is 0 Å². The molecule has 1 nitrogen and oxygen atoms in total. The van der Waals surface area contributed by atoms with Crippen molar-refractivity contribution in [2.24, 2.45) is 0 Å². The monoisotopic (exact) mass is 260 g/mol. The summed E-state index contributed by atoms with van der Waals surface area (Å²) in [5.41, 5.74) is 0. The Balaban J connectivity index is 2.41. The third-order valence-electron chi connectivity index (χ3n) is 1.86. The maximum absolute atomic E-state index is 11.4. The number of unbranched alkanes of at least 4 members (excludes halogenated alkanes) is 1. The zero-order valence-electron chi connectivity index (χ0n) is 7.68. The predicted molar refractivity (Wildman–Crippen MR) is 60.3 cm³/mol.